The summed E-state index contributed by atoms with van der Waals surface area (Å²) in [6.07, 6.45) is 6.56. The molecule has 0 aliphatic carbocycles. The number of nitrogens with zero attached hydrogens (tertiary/aromatic N) is 1. The van der Waals surface area contributed by atoms with E-state index in [9.17, 15) is 19.4 Å². The smallest absolute Gasteiger partial charge is 0.303 e. The van der Waals surface area contributed by atoms with Gasteiger partial charge in [0.15, 0.2) is 5.28 Å². The fraction of sp³-hybridized carbons (Fsp3) is 0.259. The van der Waals surface area contributed by atoms with Crippen LogP contribution in [0, 0.1) is 0 Å². The highest BCUT2D eigenvalue weighted by Crippen LogP contribution is 2.62. The molecule has 1 aliphatic rings. The first-order chi connectivity index (χ1) is 15.9. The second-order valence-corrected chi connectivity index (χ2v) is 11.1. The van der Waals surface area contributed by atoms with Crippen molar-refractivity contribution in [2.45, 2.75) is 43.0 Å². The van der Waals surface area contributed by atoms with Crippen LogP contribution in [0.15, 0.2) is 89.9 Å². The average Bonchev–Trinajstić information content (AvgIpc) is 3.30. The van der Waals surface area contributed by atoms with Crippen LogP contribution in [0.4, 0.5) is 0 Å². The van der Waals surface area contributed by atoms with Crippen molar-refractivity contribution >= 4 is 30.3 Å². The van der Waals surface area contributed by atoms with Gasteiger partial charge in [0, 0.05) is 12.6 Å². The number of hydrogen-bond acceptors (Lipinski definition) is 3. The van der Waals surface area contributed by atoms with Crippen molar-refractivity contribution in [1.82, 2.24) is 0 Å². The third-order valence-corrected chi connectivity index (χ3v) is 8.90. The second kappa shape index (κ2) is 9.86. The van der Waals surface area contributed by atoms with E-state index in [0.29, 0.717) is 19.3 Å². The largest absolute Gasteiger partial charge is 0.481 e. The molecule has 5 nitrogen and oxygen atoms in total. The van der Waals surface area contributed by atoms with Gasteiger partial charge in [-0.25, -0.2) is 0 Å². The van der Waals surface area contributed by atoms with Crippen molar-refractivity contribution in [3.8, 4) is 0 Å². The van der Waals surface area contributed by atoms with Crippen LogP contribution in [0.25, 0.3) is 10.8 Å². The molecule has 33 heavy (non-hydrogen) atoms. The van der Waals surface area contributed by atoms with Crippen molar-refractivity contribution in [2.75, 3.05) is 0 Å². The number of benzene rings is 3. The van der Waals surface area contributed by atoms with Gasteiger partial charge in [-0.1, -0.05) is 72.8 Å². The Hall–Kier alpha value is -3.01. The quantitative estimate of drug-likeness (QED) is 0.343. The molecule has 0 saturated carbocycles. The van der Waals surface area contributed by atoms with Crippen LogP contribution in [0.3, 0.4) is 0 Å². The molecular formula is C27H28NO4P. The lowest BCUT2D eigenvalue weighted by molar-refractivity contribution is -0.137. The molecular weight excluding hydrogens is 433 g/mol. The number of aliphatic carboxylic acids is 1. The van der Waals surface area contributed by atoms with E-state index < -0.39 is 18.6 Å². The Kier molecular flexibility index (Phi) is 6.92. The molecule has 1 aliphatic heterocycles. The van der Waals surface area contributed by atoms with Gasteiger partial charge in [0.1, 0.15) is 0 Å². The molecule has 0 aromatic heterocycles. The van der Waals surface area contributed by atoms with Crippen LogP contribution in [-0.2, 0) is 15.5 Å². The molecule has 0 amide bonds. The van der Waals surface area contributed by atoms with E-state index in [1.54, 1.807) is 18.4 Å². The highest BCUT2D eigenvalue weighted by Gasteiger charge is 2.46. The molecule has 4 rings (SSSR count). The van der Waals surface area contributed by atoms with Gasteiger partial charge in [0.25, 0.3) is 0 Å². The van der Waals surface area contributed by atoms with Gasteiger partial charge in [-0.05, 0) is 59.2 Å². The van der Waals surface area contributed by atoms with E-state index in [4.69, 9.17) is 0 Å². The Bertz CT molecular complexity index is 1220. The third-order valence-electron chi connectivity index (χ3n) is 6.40. The number of hydrogen-bond donors (Lipinski definition) is 2. The van der Waals surface area contributed by atoms with Crippen molar-refractivity contribution in [3.05, 3.63) is 96.1 Å². The predicted molar refractivity (Wildman–Crippen MR) is 133 cm³/mol. The number of aliphatic imine (C=N–C) groups is 1. The molecule has 2 N–H and O–H groups in total. The van der Waals surface area contributed by atoms with E-state index in [1.165, 1.54) is 0 Å². The van der Waals surface area contributed by atoms with Gasteiger partial charge in [-0.15, -0.1) is 0 Å². The minimum atomic E-state index is -3.72. The van der Waals surface area contributed by atoms with Gasteiger partial charge >= 0.3 is 5.97 Å². The van der Waals surface area contributed by atoms with Gasteiger partial charge in [-0.2, -0.15) is 0 Å². The lowest BCUT2D eigenvalue weighted by atomic mass is 9.87. The average molecular weight is 461 g/mol. The van der Waals surface area contributed by atoms with Crippen molar-refractivity contribution < 1.29 is 19.4 Å². The van der Waals surface area contributed by atoms with E-state index >= 15 is 0 Å². The van der Waals surface area contributed by atoms with Crippen molar-refractivity contribution in [3.63, 3.8) is 0 Å². The summed E-state index contributed by atoms with van der Waals surface area (Å²) < 4.78 is 13.6. The number of allylic oxidation sites excluding steroid dienone is 1. The molecule has 1 heterocycles. The van der Waals surface area contributed by atoms with Gasteiger partial charge in [-0.3, -0.25) is 14.4 Å². The molecule has 170 valence electrons. The standard InChI is InChI=1S/C27H28NO4P/c29-26(30)14-13-23(25-12-11-22-9-4-5-10-24(22)19-25)15-17-27(16-6-18-28-27)33(31,32)20-21-7-2-1-3-8-21/h1-12,16,18-19,23H,13-15,17,20H2,(H,29,30)(H,31,32). The summed E-state index contributed by atoms with van der Waals surface area (Å²) >= 11 is 0. The summed E-state index contributed by atoms with van der Waals surface area (Å²) in [7, 11) is -3.72. The maximum atomic E-state index is 13.6. The van der Waals surface area contributed by atoms with Crippen LogP contribution >= 0.6 is 7.37 Å². The van der Waals surface area contributed by atoms with Crippen LogP contribution < -0.4 is 0 Å². The zero-order chi connectivity index (χ0) is 23.3. The fourth-order valence-electron chi connectivity index (χ4n) is 4.53. The van der Waals surface area contributed by atoms with Gasteiger partial charge < -0.3 is 10.00 Å². The molecule has 3 atom stereocenters. The first kappa shape index (κ1) is 23.2. The number of carboxylic acid groups (broad SMARTS) is 1. The summed E-state index contributed by atoms with van der Waals surface area (Å²) in [4.78, 5) is 27.0. The highest BCUT2D eigenvalue weighted by atomic mass is 31.2. The number of carbonyl (C=O) groups is 1. The van der Waals surface area contributed by atoms with Crippen molar-refractivity contribution in [1.29, 1.82) is 0 Å². The van der Waals surface area contributed by atoms with E-state index in [2.05, 4.69) is 11.1 Å². The Morgan fingerprint density at radius 2 is 1.70 bits per heavy atom. The van der Waals surface area contributed by atoms with Crippen LogP contribution in [0.5, 0.6) is 0 Å². The van der Waals surface area contributed by atoms with Crippen LogP contribution in [0.1, 0.15) is 42.7 Å². The first-order valence-corrected chi connectivity index (χ1v) is 13.0. The lowest BCUT2D eigenvalue weighted by Gasteiger charge is -2.31. The first-order valence-electron chi connectivity index (χ1n) is 11.2. The minimum Gasteiger partial charge on any atom is -0.481 e. The summed E-state index contributed by atoms with van der Waals surface area (Å²) in [5.41, 5.74) is 1.85. The predicted octanol–water partition coefficient (Wildman–Crippen LogP) is 6.38. The fourth-order valence-corrected chi connectivity index (χ4v) is 6.56. The maximum absolute atomic E-state index is 13.6. The normalized spacial score (nSPS) is 20.0. The van der Waals surface area contributed by atoms with Crippen LogP contribution in [0.2, 0.25) is 0 Å². The Balaban J connectivity index is 1.59. The summed E-state index contributed by atoms with van der Waals surface area (Å²) in [6, 6.07) is 23.6. The van der Waals surface area contributed by atoms with E-state index in [0.717, 1.165) is 21.9 Å². The summed E-state index contributed by atoms with van der Waals surface area (Å²) in [5, 5.41) is 10.3. The van der Waals surface area contributed by atoms with Crippen LogP contribution in [-0.4, -0.2) is 27.5 Å². The number of rotatable bonds is 10. The molecule has 6 heteroatoms. The molecule has 3 aromatic carbocycles. The van der Waals surface area contributed by atoms with E-state index in [1.807, 2.05) is 66.7 Å². The monoisotopic (exact) mass is 461 g/mol. The number of carboxylic acids is 1. The zero-order valence-corrected chi connectivity index (χ0v) is 19.3. The lowest BCUT2D eigenvalue weighted by Crippen LogP contribution is -2.24. The topological polar surface area (TPSA) is 87.0 Å². The SMILES string of the molecule is O=C(O)CCC(CCC1(P(=O)(O)Cc2ccccc2)C=CC=N1)c1ccc2ccccc2c1. The molecule has 0 saturated heterocycles. The summed E-state index contributed by atoms with van der Waals surface area (Å²) in [5.74, 6) is -0.894. The summed E-state index contributed by atoms with van der Waals surface area (Å²) in [6.45, 7) is 0. The second-order valence-electron chi connectivity index (χ2n) is 8.64. The molecule has 0 bridgehead atoms. The third kappa shape index (κ3) is 5.32. The van der Waals surface area contributed by atoms with Gasteiger partial charge in [0.05, 0.1) is 6.16 Å². The van der Waals surface area contributed by atoms with Gasteiger partial charge in [0.2, 0.25) is 7.37 Å². The molecule has 3 unspecified atom stereocenters. The highest BCUT2D eigenvalue weighted by molar-refractivity contribution is 7.59. The molecule has 0 radical (unpaired) electrons. The Labute approximate surface area is 194 Å². The van der Waals surface area contributed by atoms with E-state index in [-0.39, 0.29) is 18.5 Å². The zero-order valence-electron chi connectivity index (χ0n) is 18.4. The molecule has 3 aromatic rings. The number of fused-ring (bicyclic) bond motifs is 1. The molecule has 0 spiro atoms. The minimum absolute atomic E-state index is 0.0460. The maximum Gasteiger partial charge on any atom is 0.303 e. The molecule has 0 fully saturated rings. The Morgan fingerprint density at radius 3 is 2.39 bits per heavy atom. The van der Waals surface area contributed by atoms with Crippen molar-refractivity contribution in [2.24, 2.45) is 4.99 Å². The Morgan fingerprint density at radius 1 is 0.970 bits per heavy atom.